The second-order valence-electron chi connectivity index (χ2n) is 8.88. The molecule has 0 radical (unpaired) electrons. The molecule has 1 saturated heterocycles. The van der Waals surface area contributed by atoms with Crippen molar-refractivity contribution in [1.82, 2.24) is 9.55 Å². The zero-order valence-electron chi connectivity index (χ0n) is 18.8. The third-order valence-electron chi connectivity index (χ3n) is 6.77. The van der Waals surface area contributed by atoms with Crippen molar-refractivity contribution in [2.45, 2.75) is 46.5 Å². The Hall–Kier alpha value is -1.31. The van der Waals surface area contributed by atoms with Gasteiger partial charge >= 0.3 is 0 Å². The predicted octanol–water partition coefficient (Wildman–Crippen LogP) is 4.72. The first kappa shape index (κ1) is 22.9. The fraction of sp³-hybridized carbons (Fsp3) is 0.458. The molecule has 0 spiro atoms. The Morgan fingerprint density at radius 2 is 1.77 bits per heavy atom. The minimum absolute atomic E-state index is 0.307. The van der Waals surface area contributed by atoms with Crippen molar-refractivity contribution in [2.24, 2.45) is 5.92 Å². The molecule has 4 rings (SSSR count). The number of pyridine rings is 1. The van der Waals surface area contributed by atoms with Gasteiger partial charge in [-0.05, 0) is 86.0 Å². The molecule has 0 bridgehead atoms. The molecule has 0 amide bonds. The van der Waals surface area contributed by atoms with Crippen molar-refractivity contribution in [3.05, 3.63) is 44.1 Å². The van der Waals surface area contributed by atoms with E-state index in [4.69, 9.17) is 10.1 Å². The Morgan fingerprint density at radius 3 is 2.45 bits per heavy atom. The van der Waals surface area contributed by atoms with Crippen LogP contribution in [-0.2, 0) is 0 Å². The van der Waals surface area contributed by atoms with Crippen molar-refractivity contribution in [1.29, 1.82) is 0 Å². The van der Waals surface area contributed by atoms with E-state index < -0.39 is 0 Å². The van der Waals surface area contributed by atoms with Gasteiger partial charge in [-0.25, -0.2) is 4.98 Å². The summed E-state index contributed by atoms with van der Waals surface area (Å²) in [5.74, 6) is 0.732. The predicted molar refractivity (Wildman–Crippen MR) is 140 cm³/mol. The Balaban J connectivity index is 1.80. The van der Waals surface area contributed by atoms with Gasteiger partial charge in [-0.3, -0.25) is 4.57 Å². The van der Waals surface area contributed by atoms with Crippen LogP contribution >= 0.6 is 31.9 Å². The van der Waals surface area contributed by atoms with E-state index in [0.29, 0.717) is 6.61 Å². The summed E-state index contributed by atoms with van der Waals surface area (Å²) in [5.41, 5.74) is 8.22. The lowest BCUT2D eigenvalue weighted by Crippen LogP contribution is -2.34. The van der Waals surface area contributed by atoms with Gasteiger partial charge in [-0.15, -0.1) is 0 Å². The molecule has 1 aliphatic rings. The van der Waals surface area contributed by atoms with Gasteiger partial charge in [-0.1, -0.05) is 27.5 Å². The summed E-state index contributed by atoms with van der Waals surface area (Å²) in [4.78, 5) is 7.56. The molecule has 0 unspecified atom stereocenters. The van der Waals surface area contributed by atoms with E-state index in [1.807, 2.05) is 0 Å². The van der Waals surface area contributed by atoms with Crippen molar-refractivity contribution in [3.63, 3.8) is 0 Å². The largest absolute Gasteiger partial charge is 0.396 e. The van der Waals surface area contributed by atoms with E-state index in [9.17, 15) is 0 Å². The maximum Gasteiger partial charge on any atom is 0.147 e. The summed E-state index contributed by atoms with van der Waals surface area (Å²) >= 11 is 7.50. The van der Waals surface area contributed by atoms with E-state index in [1.54, 1.807) is 0 Å². The third-order valence-corrected chi connectivity index (χ3v) is 8.26. The molecule has 1 N–H and O–H groups in total. The molecule has 1 aliphatic heterocycles. The highest BCUT2D eigenvalue weighted by molar-refractivity contribution is 9.11. The van der Waals surface area contributed by atoms with Gasteiger partial charge < -0.3 is 10.0 Å². The number of anilines is 1. The van der Waals surface area contributed by atoms with Crippen LogP contribution in [0.1, 0.15) is 42.6 Å². The minimum atomic E-state index is 0.307. The quantitative estimate of drug-likeness (QED) is 0.471. The molecule has 0 atom stereocenters. The maximum atomic E-state index is 9.15. The second-order valence-corrected chi connectivity index (χ2v) is 10.6. The van der Waals surface area contributed by atoms with Gasteiger partial charge in [0, 0.05) is 51.1 Å². The average molecular weight is 547 g/mol. The van der Waals surface area contributed by atoms with Crippen LogP contribution in [0.25, 0.3) is 16.7 Å². The van der Waals surface area contributed by atoms with Crippen LogP contribution in [0, 0.1) is 26.7 Å². The molecule has 31 heavy (non-hydrogen) atoms. The smallest absolute Gasteiger partial charge is 0.147 e. The number of benzene rings is 1. The van der Waals surface area contributed by atoms with E-state index in [1.165, 1.54) is 40.6 Å². The van der Waals surface area contributed by atoms with Gasteiger partial charge in [0.15, 0.2) is 0 Å². The van der Waals surface area contributed by atoms with Crippen LogP contribution in [0.4, 0.5) is 5.69 Å². The van der Waals surface area contributed by atoms with Crippen LogP contribution in [0.3, 0.4) is 0 Å². The first-order valence-corrected chi connectivity index (χ1v) is 12.7. The highest BCUT2D eigenvalue weighted by Gasteiger charge is 2.25. The molecular weight excluding hydrogens is 517 g/mol. The molecule has 7 heteroatoms. The molecule has 4 nitrogen and oxygen atoms in total. The van der Waals surface area contributed by atoms with Gasteiger partial charge in [0.25, 0.3) is 0 Å². The number of hydrogen-bond acceptors (Lipinski definition) is 3. The van der Waals surface area contributed by atoms with Gasteiger partial charge in [0.2, 0.25) is 0 Å². The highest BCUT2D eigenvalue weighted by atomic mass is 79.9. The number of halogens is 2. The standard InChI is InChI=1S/C24H30BBr2N3O/c1-14-11-22(29-8-6-17(7-9-29)5-4-10-31)23-15(2)16(3)30(24(23)28-14)21-13-19(26)18(25)12-20(21)27/h11-13,17,31H,4-10,25H2,1-3H3. The number of fused-ring (bicyclic) bond motifs is 1. The molecular formula is C24H30BBr2N3O. The zero-order chi connectivity index (χ0) is 22.3. The lowest BCUT2D eigenvalue weighted by Gasteiger charge is -2.34. The van der Waals surface area contributed by atoms with E-state index >= 15 is 0 Å². The summed E-state index contributed by atoms with van der Waals surface area (Å²) < 4.78 is 4.47. The van der Waals surface area contributed by atoms with E-state index in [2.05, 4.69) is 88.1 Å². The minimum Gasteiger partial charge on any atom is -0.396 e. The monoisotopic (exact) mass is 545 g/mol. The van der Waals surface area contributed by atoms with Gasteiger partial charge in [-0.2, -0.15) is 0 Å². The SMILES string of the molecule is Bc1cc(Br)c(-n2c(C)c(C)c3c(N4CCC(CCCO)CC4)cc(C)nc32)cc1Br. The molecule has 1 aromatic carbocycles. The highest BCUT2D eigenvalue weighted by Crippen LogP contribution is 2.38. The molecule has 0 aliphatic carbocycles. The molecule has 3 aromatic rings. The normalized spacial score (nSPS) is 15.2. The number of aliphatic hydroxyl groups excluding tert-OH is 1. The molecule has 164 valence electrons. The third kappa shape index (κ3) is 4.33. The van der Waals surface area contributed by atoms with Crippen LogP contribution in [-0.4, -0.2) is 42.2 Å². The topological polar surface area (TPSA) is 41.3 Å². The molecule has 3 heterocycles. The Morgan fingerprint density at radius 1 is 1.06 bits per heavy atom. The summed E-state index contributed by atoms with van der Waals surface area (Å²) in [5, 5.41) is 10.4. The lowest BCUT2D eigenvalue weighted by molar-refractivity contribution is 0.261. The number of aryl methyl sites for hydroxylation is 2. The number of rotatable bonds is 5. The van der Waals surface area contributed by atoms with Crippen LogP contribution in [0.5, 0.6) is 0 Å². The second kappa shape index (κ2) is 9.28. The van der Waals surface area contributed by atoms with Crippen molar-refractivity contribution in [2.75, 3.05) is 24.6 Å². The van der Waals surface area contributed by atoms with Crippen molar-refractivity contribution >= 4 is 61.9 Å². The van der Waals surface area contributed by atoms with E-state index in [-0.39, 0.29) is 0 Å². The summed E-state index contributed by atoms with van der Waals surface area (Å²) in [7, 11) is 2.11. The molecule has 0 saturated carbocycles. The van der Waals surface area contributed by atoms with Crippen LogP contribution in [0.2, 0.25) is 0 Å². The van der Waals surface area contributed by atoms with Crippen LogP contribution < -0.4 is 10.4 Å². The Bertz CT molecular complexity index is 1120. The molecule has 1 fully saturated rings. The fourth-order valence-electron chi connectivity index (χ4n) is 4.86. The number of aliphatic hydroxyl groups is 1. The summed E-state index contributed by atoms with van der Waals surface area (Å²) in [6, 6.07) is 6.60. The number of piperidine rings is 1. The van der Waals surface area contributed by atoms with Gasteiger partial charge in [0.1, 0.15) is 13.5 Å². The average Bonchev–Trinajstić information content (AvgIpc) is 2.99. The number of aromatic nitrogens is 2. The van der Waals surface area contributed by atoms with Gasteiger partial charge in [0.05, 0.1) is 5.69 Å². The Kier molecular flexibility index (Phi) is 6.85. The van der Waals surface area contributed by atoms with E-state index in [0.717, 1.165) is 57.8 Å². The number of nitrogens with zero attached hydrogens (tertiary/aromatic N) is 3. The summed E-state index contributed by atoms with van der Waals surface area (Å²) in [6.45, 7) is 8.95. The van der Waals surface area contributed by atoms with Crippen LogP contribution in [0.15, 0.2) is 27.1 Å². The Labute approximate surface area is 202 Å². The first-order valence-electron chi connectivity index (χ1n) is 11.1. The lowest BCUT2D eigenvalue weighted by atomic mass is 9.92. The zero-order valence-corrected chi connectivity index (χ0v) is 22.0. The summed E-state index contributed by atoms with van der Waals surface area (Å²) in [6.07, 6.45) is 4.45. The number of hydrogen-bond donors (Lipinski definition) is 1. The fourth-order valence-corrected chi connectivity index (χ4v) is 5.83. The maximum absolute atomic E-state index is 9.15. The first-order chi connectivity index (χ1) is 14.8. The van der Waals surface area contributed by atoms with Crippen molar-refractivity contribution in [3.8, 4) is 5.69 Å². The van der Waals surface area contributed by atoms with Crippen molar-refractivity contribution < 1.29 is 5.11 Å². The molecule has 2 aromatic heterocycles.